The summed E-state index contributed by atoms with van der Waals surface area (Å²) in [5, 5.41) is 5.84. The molecule has 6 nitrogen and oxygen atoms in total. The van der Waals surface area contributed by atoms with E-state index in [1.54, 1.807) is 6.92 Å². The maximum absolute atomic E-state index is 11.4. The minimum absolute atomic E-state index is 0.0167. The van der Waals surface area contributed by atoms with Crippen LogP contribution in [0.3, 0.4) is 0 Å². The van der Waals surface area contributed by atoms with Gasteiger partial charge in [-0.1, -0.05) is 6.92 Å². The van der Waals surface area contributed by atoms with E-state index in [-0.39, 0.29) is 5.82 Å². The minimum Gasteiger partial charge on any atom is -0.262 e. The smallest absolute Gasteiger partial charge is 0.262 e. The number of H-pyrrole nitrogens is 1. The molecule has 1 aromatic rings. The predicted octanol–water partition coefficient (Wildman–Crippen LogP) is 0.0626. The second-order valence-electron chi connectivity index (χ2n) is 2.48. The Morgan fingerprint density at radius 3 is 2.92 bits per heavy atom. The topological polar surface area (TPSA) is 88.1 Å². The number of hydrogen-bond donors (Lipinski definition) is 1. The van der Waals surface area contributed by atoms with Crippen molar-refractivity contribution in [2.24, 2.45) is 4.36 Å². The molecule has 72 valence electrons. The summed E-state index contributed by atoms with van der Waals surface area (Å²) in [4.78, 5) is 14.8. The van der Waals surface area contributed by atoms with Gasteiger partial charge in [0.05, 0.1) is 9.73 Å². The Balaban J connectivity index is 2.95. The second-order valence-corrected chi connectivity index (χ2v) is 5.16. The number of aromatic amines is 1. The number of rotatable bonds is 2. The number of nitrogens with one attached hydrogen (secondary N) is 1. The van der Waals surface area contributed by atoms with Crippen molar-refractivity contribution >= 4 is 15.6 Å². The first-order chi connectivity index (χ1) is 6.05. The standard InChI is InChI=1S/C6H10N4O2S/c1-3-13(2,12)10-6(11)5-7-4-8-9-5/h4H,3H2,1-2H3,(H,7,8,9). The molecule has 0 saturated carbocycles. The summed E-state index contributed by atoms with van der Waals surface area (Å²) in [6, 6.07) is 0. The van der Waals surface area contributed by atoms with Crippen LogP contribution in [0.5, 0.6) is 0 Å². The highest BCUT2D eigenvalue weighted by Crippen LogP contribution is 1.96. The largest absolute Gasteiger partial charge is 0.322 e. The molecule has 0 aliphatic heterocycles. The molecule has 1 atom stereocenters. The third-order valence-corrected chi connectivity index (χ3v) is 3.05. The van der Waals surface area contributed by atoms with E-state index in [0.29, 0.717) is 5.75 Å². The maximum Gasteiger partial charge on any atom is 0.322 e. The molecule has 0 aliphatic carbocycles. The highest BCUT2D eigenvalue weighted by atomic mass is 32.2. The molecule has 0 spiro atoms. The van der Waals surface area contributed by atoms with E-state index in [1.165, 1.54) is 12.6 Å². The zero-order valence-electron chi connectivity index (χ0n) is 7.35. The van der Waals surface area contributed by atoms with E-state index in [1.807, 2.05) is 0 Å². The number of aromatic nitrogens is 3. The Morgan fingerprint density at radius 2 is 2.46 bits per heavy atom. The van der Waals surface area contributed by atoms with Gasteiger partial charge >= 0.3 is 5.91 Å². The van der Waals surface area contributed by atoms with Gasteiger partial charge in [0.15, 0.2) is 0 Å². The SMILES string of the molecule is CCS(C)(=O)=NC(=O)c1ncn[nH]1. The normalized spacial score (nSPS) is 14.9. The highest BCUT2D eigenvalue weighted by molar-refractivity contribution is 7.93. The van der Waals surface area contributed by atoms with Crippen molar-refractivity contribution in [3.8, 4) is 0 Å². The lowest BCUT2D eigenvalue weighted by Crippen LogP contribution is -2.06. The molecule has 7 heteroatoms. The molecular formula is C6H10N4O2S. The fourth-order valence-corrected chi connectivity index (χ4v) is 1.16. The Hall–Kier alpha value is -1.24. The molecule has 1 rings (SSSR count). The lowest BCUT2D eigenvalue weighted by molar-refractivity contribution is 0.0995. The zero-order chi connectivity index (χ0) is 9.90. The zero-order valence-corrected chi connectivity index (χ0v) is 8.17. The van der Waals surface area contributed by atoms with Gasteiger partial charge in [0.2, 0.25) is 5.82 Å². The van der Waals surface area contributed by atoms with Crippen molar-refractivity contribution in [2.45, 2.75) is 6.92 Å². The highest BCUT2D eigenvalue weighted by Gasteiger charge is 2.09. The Morgan fingerprint density at radius 1 is 1.77 bits per heavy atom. The average Bonchev–Trinajstić information content (AvgIpc) is 2.55. The lowest BCUT2D eigenvalue weighted by atomic mass is 10.6. The van der Waals surface area contributed by atoms with E-state index >= 15 is 0 Å². The maximum atomic E-state index is 11.4. The van der Waals surface area contributed by atoms with Crippen LogP contribution in [0.2, 0.25) is 0 Å². The fourth-order valence-electron chi connectivity index (χ4n) is 0.592. The van der Waals surface area contributed by atoms with Crippen molar-refractivity contribution in [2.75, 3.05) is 12.0 Å². The Labute approximate surface area is 75.9 Å². The molecule has 1 amide bonds. The summed E-state index contributed by atoms with van der Waals surface area (Å²) < 4.78 is 14.9. The molecule has 0 aromatic carbocycles. The van der Waals surface area contributed by atoms with Gasteiger partial charge in [-0.3, -0.25) is 9.89 Å². The van der Waals surface area contributed by atoms with Crippen molar-refractivity contribution in [3.05, 3.63) is 12.2 Å². The first kappa shape index (κ1) is 9.85. The Bertz CT molecular complexity index is 402. The van der Waals surface area contributed by atoms with Crippen molar-refractivity contribution in [3.63, 3.8) is 0 Å². The summed E-state index contributed by atoms with van der Waals surface area (Å²) in [7, 11) is -2.41. The number of carbonyl (C=O) groups excluding carboxylic acids is 1. The summed E-state index contributed by atoms with van der Waals surface area (Å²) in [5.74, 6) is -0.262. The van der Waals surface area contributed by atoms with Crippen LogP contribution in [0.25, 0.3) is 0 Å². The van der Waals surface area contributed by atoms with Gasteiger partial charge in [0.1, 0.15) is 6.33 Å². The van der Waals surface area contributed by atoms with Crippen LogP contribution >= 0.6 is 0 Å². The summed E-state index contributed by atoms with van der Waals surface area (Å²) in [5.41, 5.74) is 0. The summed E-state index contributed by atoms with van der Waals surface area (Å²) >= 11 is 0. The molecule has 1 unspecified atom stereocenters. The number of carbonyl (C=O) groups is 1. The molecule has 0 saturated heterocycles. The Kier molecular flexibility index (Phi) is 2.76. The first-order valence-corrected chi connectivity index (χ1v) is 5.74. The average molecular weight is 202 g/mol. The van der Waals surface area contributed by atoms with Crippen LogP contribution in [0.1, 0.15) is 17.5 Å². The van der Waals surface area contributed by atoms with Gasteiger partial charge in [-0.25, -0.2) is 9.19 Å². The lowest BCUT2D eigenvalue weighted by Gasteiger charge is -1.95. The van der Waals surface area contributed by atoms with Gasteiger partial charge in [0, 0.05) is 12.0 Å². The minimum atomic E-state index is -2.41. The van der Waals surface area contributed by atoms with Gasteiger partial charge in [-0.05, 0) is 0 Å². The predicted molar refractivity (Wildman–Crippen MR) is 47.7 cm³/mol. The number of amides is 1. The van der Waals surface area contributed by atoms with Gasteiger partial charge in [0.25, 0.3) is 0 Å². The monoisotopic (exact) mass is 202 g/mol. The summed E-state index contributed by atoms with van der Waals surface area (Å²) in [6.07, 6.45) is 2.63. The third kappa shape index (κ3) is 2.62. The van der Waals surface area contributed by atoms with Gasteiger partial charge in [-0.15, -0.1) is 0 Å². The summed E-state index contributed by atoms with van der Waals surface area (Å²) in [6.45, 7) is 1.71. The third-order valence-electron chi connectivity index (χ3n) is 1.43. The fraction of sp³-hybridized carbons (Fsp3) is 0.500. The van der Waals surface area contributed by atoms with E-state index < -0.39 is 15.6 Å². The van der Waals surface area contributed by atoms with Crippen LogP contribution in [-0.2, 0) is 9.73 Å². The molecule has 0 bridgehead atoms. The molecular weight excluding hydrogens is 192 g/mol. The number of nitrogens with zero attached hydrogens (tertiary/aromatic N) is 3. The van der Waals surface area contributed by atoms with Gasteiger partial charge in [-0.2, -0.15) is 9.46 Å². The van der Waals surface area contributed by atoms with Crippen LogP contribution in [0.15, 0.2) is 10.7 Å². The van der Waals surface area contributed by atoms with Crippen molar-refractivity contribution in [1.82, 2.24) is 15.2 Å². The molecule has 1 aromatic heterocycles. The number of hydrogen-bond acceptors (Lipinski definition) is 4. The quantitative estimate of drug-likeness (QED) is 0.734. The molecule has 0 aliphatic rings. The van der Waals surface area contributed by atoms with E-state index in [4.69, 9.17) is 0 Å². The van der Waals surface area contributed by atoms with Crippen LogP contribution in [0.4, 0.5) is 0 Å². The van der Waals surface area contributed by atoms with E-state index in [2.05, 4.69) is 19.5 Å². The molecule has 1 heterocycles. The molecule has 1 N–H and O–H groups in total. The van der Waals surface area contributed by atoms with Gasteiger partial charge < -0.3 is 0 Å². The van der Waals surface area contributed by atoms with Crippen LogP contribution in [-0.4, -0.2) is 37.3 Å². The van der Waals surface area contributed by atoms with E-state index in [0.717, 1.165) is 0 Å². The second kappa shape index (κ2) is 3.65. The van der Waals surface area contributed by atoms with Crippen LogP contribution in [0, 0.1) is 0 Å². The molecule has 0 fully saturated rings. The van der Waals surface area contributed by atoms with Crippen molar-refractivity contribution in [1.29, 1.82) is 0 Å². The molecule has 0 radical (unpaired) electrons. The first-order valence-electron chi connectivity index (χ1n) is 3.64. The van der Waals surface area contributed by atoms with E-state index in [9.17, 15) is 9.00 Å². The molecule has 13 heavy (non-hydrogen) atoms. The van der Waals surface area contributed by atoms with Crippen molar-refractivity contribution < 1.29 is 9.00 Å². The van der Waals surface area contributed by atoms with Crippen LogP contribution < -0.4 is 0 Å².